The molecular weight excluding hydrogens is 402 g/mol. The monoisotopic (exact) mass is 427 g/mol. The molecule has 0 unspecified atom stereocenters. The van der Waals surface area contributed by atoms with Crippen molar-refractivity contribution in [3.63, 3.8) is 0 Å². The molecule has 7 nitrogen and oxygen atoms in total. The first-order valence-electron chi connectivity index (χ1n) is 9.84. The van der Waals surface area contributed by atoms with E-state index in [1.165, 1.54) is 0 Å². The van der Waals surface area contributed by atoms with E-state index < -0.39 is 12.0 Å². The van der Waals surface area contributed by atoms with Gasteiger partial charge >= 0.3 is 0 Å². The van der Waals surface area contributed by atoms with Crippen molar-refractivity contribution in [2.75, 3.05) is 0 Å². The summed E-state index contributed by atoms with van der Waals surface area (Å²) in [5, 5.41) is 14.8. The summed E-state index contributed by atoms with van der Waals surface area (Å²) in [5.74, 6) is 1.16. The van der Waals surface area contributed by atoms with E-state index in [9.17, 15) is 9.90 Å². The van der Waals surface area contributed by atoms with Gasteiger partial charge in [-0.25, -0.2) is 9.67 Å². The second-order valence-electron chi connectivity index (χ2n) is 7.62. The highest BCUT2D eigenvalue weighted by Gasteiger charge is 2.31. The Morgan fingerprint density at radius 1 is 1.10 bits per heavy atom. The number of nitrogens with zero attached hydrogens (tertiary/aromatic N) is 3. The molecule has 1 aliphatic rings. The lowest BCUT2D eigenvalue weighted by molar-refractivity contribution is 0.0985. The maximum Gasteiger partial charge on any atom is 0.248 e. The highest BCUT2D eigenvalue weighted by atomic mass is 35.5. The molecule has 5 N–H and O–H groups in total. The third kappa shape index (κ3) is 4.70. The Morgan fingerprint density at radius 3 is 2.43 bits per heavy atom. The Bertz CT molecular complexity index is 991. The minimum atomic E-state index is -0.463. The van der Waals surface area contributed by atoms with E-state index in [-0.39, 0.29) is 24.4 Å². The van der Waals surface area contributed by atoms with Gasteiger partial charge in [0.15, 0.2) is 5.82 Å². The van der Waals surface area contributed by atoms with Crippen molar-refractivity contribution in [1.82, 2.24) is 14.8 Å². The lowest BCUT2D eigenvalue weighted by atomic mass is 9.83. The van der Waals surface area contributed by atoms with Crippen molar-refractivity contribution in [2.45, 2.75) is 43.9 Å². The molecule has 0 bridgehead atoms. The fourth-order valence-electron chi connectivity index (χ4n) is 3.86. The molecule has 3 atom stereocenters. The topological polar surface area (TPSA) is 120 Å². The number of primary amides is 1. The van der Waals surface area contributed by atoms with E-state index in [1.807, 2.05) is 35.0 Å². The average molecular weight is 428 g/mol. The zero-order chi connectivity index (χ0) is 20.4. The zero-order valence-corrected chi connectivity index (χ0v) is 17.3. The van der Waals surface area contributed by atoms with Gasteiger partial charge in [-0.3, -0.25) is 4.79 Å². The molecule has 1 aliphatic carbocycles. The first-order valence-corrected chi connectivity index (χ1v) is 9.84. The number of aliphatic hydroxyl groups excluding tert-OH is 1. The summed E-state index contributed by atoms with van der Waals surface area (Å²) in [4.78, 5) is 16.2. The molecule has 4 rings (SSSR count). The van der Waals surface area contributed by atoms with Crippen molar-refractivity contribution < 1.29 is 9.90 Å². The molecule has 0 spiro atoms. The van der Waals surface area contributed by atoms with Gasteiger partial charge in [-0.15, -0.1) is 12.4 Å². The third-order valence-electron chi connectivity index (χ3n) is 5.53. The van der Waals surface area contributed by atoms with Crippen LogP contribution in [0.15, 0.2) is 54.6 Å². The first-order chi connectivity index (χ1) is 14.0. The maximum absolute atomic E-state index is 11.3. The predicted molar refractivity (Wildman–Crippen MR) is 117 cm³/mol. The van der Waals surface area contributed by atoms with Gasteiger partial charge < -0.3 is 16.6 Å². The highest BCUT2D eigenvalue weighted by molar-refractivity contribution is 5.93. The minimum Gasteiger partial charge on any atom is -0.392 e. The molecule has 3 aromatic rings. The quantitative estimate of drug-likeness (QED) is 0.577. The number of halogens is 1. The average Bonchev–Trinajstić information content (AvgIpc) is 3.14. The van der Waals surface area contributed by atoms with Crippen LogP contribution in [0.4, 0.5) is 0 Å². The first kappa shape index (κ1) is 22.0. The normalized spacial score (nSPS) is 21.1. The standard InChI is InChI=1S/C22H25N5O2.ClH/c23-18-12-17(10-11-19(18)28)22-25-21(16-8-6-15(7-9-16)20(24)29)26-27(22)13-14-4-2-1-3-5-14;/h1-9,17-19,28H,10-13,23H2,(H2,24,29);1H/t17-,18+,19+;/m0./s1. The molecule has 0 radical (unpaired) electrons. The molecular formula is C22H26ClN5O2. The molecule has 158 valence electrons. The molecule has 1 amide bonds. The number of carbonyl (C=O) groups excluding carboxylic acids is 1. The van der Waals surface area contributed by atoms with Crippen molar-refractivity contribution in [2.24, 2.45) is 11.5 Å². The van der Waals surface area contributed by atoms with E-state index in [0.717, 1.165) is 23.4 Å². The van der Waals surface area contributed by atoms with Crippen molar-refractivity contribution in [1.29, 1.82) is 0 Å². The van der Waals surface area contributed by atoms with Gasteiger partial charge in [0.1, 0.15) is 5.82 Å². The largest absolute Gasteiger partial charge is 0.392 e. The summed E-state index contributed by atoms with van der Waals surface area (Å²) >= 11 is 0. The number of aromatic nitrogens is 3. The lowest BCUT2D eigenvalue weighted by Gasteiger charge is -2.30. The van der Waals surface area contributed by atoms with Gasteiger partial charge in [-0.2, -0.15) is 5.10 Å². The Labute approximate surface area is 181 Å². The molecule has 1 fully saturated rings. The van der Waals surface area contributed by atoms with Crippen molar-refractivity contribution >= 4 is 18.3 Å². The Kier molecular flexibility index (Phi) is 6.87. The van der Waals surface area contributed by atoms with Crippen LogP contribution in [0.2, 0.25) is 0 Å². The van der Waals surface area contributed by atoms with E-state index >= 15 is 0 Å². The van der Waals surface area contributed by atoms with Crippen LogP contribution in [-0.4, -0.2) is 37.9 Å². The number of hydrogen-bond acceptors (Lipinski definition) is 5. The van der Waals surface area contributed by atoms with Crippen molar-refractivity contribution in [3.8, 4) is 11.4 Å². The number of hydrogen-bond donors (Lipinski definition) is 3. The SMILES string of the molecule is Cl.NC(=O)c1ccc(-c2nc([C@H]3CC[C@@H](O)[C@H](N)C3)n(Cc3ccccc3)n2)cc1. The number of rotatable bonds is 5. The molecule has 30 heavy (non-hydrogen) atoms. The summed E-state index contributed by atoms with van der Waals surface area (Å²) in [6, 6.07) is 16.8. The lowest BCUT2D eigenvalue weighted by Crippen LogP contribution is -2.40. The summed E-state index contributed by atoms with van der Waals surface area (Å²) in [6.45, 7) is 0.608. The maximum atomic E-state index is 11.3. The molecule has 8 heteroatoms. The zero-order valence-electron chi connectivity index (χ0n) is 16.5. The van der Waals surface area contributed by atoms with E-state index in [4.69, 9.17) is 21.5 Å². The smallest absolute Gasteiger partial charge is 0.248 e. The van der Waals surface area contributed by atoms with Crippen LogP contribution < -0.4 is 11.5 Å². The van der Waals surface area contributed by atoms with Gasteiger partial charge in [0.05, 0.1) is 12.6 Å². The number of aliphatic hydroxyl groups is 1. The van der Waals surface area contributed by atoms with Crippen LogP contribution in [0, 0.1) is 0 Å². The van der Waals surface area contributed by atoms with Crippen LogP contribution in [0.5, 0.6) is 0 Å². The number of nitrogens with two attached hydrogens (primary N) is 2. The molecule has 2 aromatic carbocycles. The summed E-state index contributed by atoms with van der Waals surface area (Å²) < 4.78 is 1.93. The van der Waals surface area contributed by atoms with Gasteiger partial charge in [-0.1, -0.05) is 42.5 Å². The fourth-order valence-corrected chi connectivity index (χ4v) is 3.86. The van der Waals surface area contributed by atoms with Gasteiger partial charge in [0, 0.05) is 23.1 Å². The predicted octanol–water partition coefficient (Wildman–Crippen LogP) is 2.47. The Hall–Kier alpha value is -2.74. The summed E-state index contributed by atoms with van der Waals surface area (Å²) in [5.41, 5.74) is 13.9. The fraction of sp³-hybridized carbons (Fsp3) is 0.318. The minimum absolute atomic E-state index is 0. The second kappa shape index (κ2) is 9.38. The van der Waals surface area contributed by atoms with Crippen molar-refractivity contribution in [3.05, 3.63) is 71.5 Å². The van der Waals surface area contributed by atoms with Gasteiger partial charge in [0.25, 0.3) is 0 Å². The van der Waals surface area contributed by atoms with Crippen LogP contribution in [-0.2, 0) is 6.54 Å². The van der Waals surface area contributed by atoms with E-state index in [0.29, 0.717) is 30.8 Å². The Morgan fingerprint density at radius 2 is 1.80 bits per heavy atom. The van der Waals surface area contributed by atoms with Crippen LogP contribution in [0.1, 0.15) is 46.9 Å². The van der Waals surface area contributed by atoms with E-state index in [2.05, 4.69) is 12.1 Å². The third-order valence-corrected chi connectivity index (χ3v) is 5.53. The van der Waals surface area contributed by atoms with Crippen LogP contribution >= 0.6 is 12.4 Å². The van der Waals surface area contributed by atoms with Crippen LogP contribution in [0.25, 0.3) is 11.4 Å². The van der Waals surface area contributed by atoms with Crippen LogP contribution in [0.3, 0.4) is 0 Å². The molecule has 1 aromatic heterocycles. The van der Waals surface area contributed by atoms with Gasteiger partial charge in [-0.05, 0) is 37.0 Å². The molecule has 1 saturated carbocycles. The number of benzene rings is 2. The second-order valence-corrected chi connectivity index (χ2v) is 7.62. The number of carbonyl (C=O) groups is 1. The molecule has 1 heterocycles. The number of amides is 1. The van der Waals surface area contributed by atoms with Gasteiger partial charge in [0.2, 0.25) is 5.91 Å². The molecule has 0 saturated heterocycles. The van der Waals surface area contributed by atoms with E-state index in [1.54, 1.807) is 12.1 Å². The highest BCUT2D eigenvalue weighted by Crippen LogP contribution is 2.33. The molecule has 0 aliphatic heterocycles. The summed E-state index contributed by atoms with van der Waals surface area (Å²) in [6.07, 6.45) is 1.70. The summed E-state index contributed by atoms with van der Waals surface area (Å²) in [7, 11) is 0. The Balaban J connectivity index is 0.00000256.